The van der Waals surface area contributed by atoms with Gasteiger partial charge >= 0.3 is 0 Å². The molecule has 0 saturated carbocycles. The van der Waals surface area contributed by atoms with Crippen LogP contribution in [0.5, 0.6) is 11.5 Å². The fourth-order valence-electron chi connectivity index (χ4n) is 3.32. The Kier molecular flexibility index (Phi) is 2.67. The first-order valence-corrected chi connectivity index (χ1v) is 7.15. The summed E-state index contributed by atoms with van der Waals surface area (Å²) in [5, 5.41) is 3.42. The van der Waals surface area contributed by atoms with Crippen molar-refractivity contribution in [3.8, 4) is 11.5 Å². The van der Waals surface area contributed by atoms with E-state index in [0.717, 1.165) is 18.0 Å². The predicted molar refractivity (Wildman–Crippen MR) is 72.4 cm³/mol. The predicted octanol–water partition coefficient (Wildman–Crippen LogP) is 1.60. The van der Waals surface area contributed by atoms with Crippen LogP contribution in [0.2, 0.25) is 0 Å². The Morgan fingerprint density at radius 1 is 1.11 bits per heavy atom. The molecule has 2 fully saturated rings. The number of benzene rings is 1. The molecule has 1 aromatic rings. The fraction of sp³-hybridized carbons (Fsp3) is 0.600. The molecular weight excluding hydrogens is 240 g/mol. The van der Waals surface area contributed by atoms with Crippen LogP contribution in [0.15, 0.2) is 18.2 Å². The zero-order valence-electron chi connectivity index (χ0n) is 11.2. The normalized spacial score (nSPS) is 24.4. The second kappa shape index (κ2) is 4.39. The molecule has 0 unspecified atom stereocenters. The average Bonchev–Trinajstić information content (AvgIpc) is 2.85. The third-order valence-corrected chi connectivity index (χ3v) is 4.76. The number of ether oxygens (including phenoxy) is 2. The molecular formula is C15H20N2O2. The summed E-state index contributed by atoms with van der Waals surface area (Å²) in [5.74, 6) is 1.77. The number of likely N-dealkylation sites (tertiary alicyclic amines) is 1. The minimum atomic E-state index is 0.359. The Morgan fingerprint density at radius 2 is 1.89 bits per heavy atom. The molecule has 102 valence electrons. The van der Waals surface area contributed by atoms with E-state index < -0.39 is 0 Å². The first-order valence-electron chi connectivity index (χ1n) is 7.15. The Labute approximate surface area is 113 Å². The van der Waals surface area contributed by atoms with Crippen LogP contribution in [0, 0.1) is 5.41 Å². The number of nitrogens with one attached hydrogen (secondary N) is 1. The molecule has 0 amide bonds. The molecule has 0 atom stereocenters. The molecule has 3 heterocycles. The SMILES string of the molecule is c1cc2c(cc1CN1CCC3(CC1)CNC3)OCO2. The van der Waals surface area contributed by atoms with Gasteiger partial charge in [0.15, 0.2) is 11.5 Å². The monoisotopic (exact) mass is 260 g/mol. The lowest BCUT2D eigenvalue weighted by Gasteiger charge is -2.48. The van der Waals surface area contributed by atoms with Gasteiger partial charge in [0.2, 0.25) is 6.79 Å². The lowest BCUT2D eigenvalue weighted by Crippen LogP contribution is -2.58. The smallest absolute Gasteiger partial charge is 0.231 e. The van der Waals surface area contributed by atoms with Gasteiger partial charge in [-0.15, -0.1) is 0 Å². The van der Waals surface area contributed by atoms with Gasteiger partial charge in [0.25, 0.3) is 0 Å². The molecule has 4 rings (SSSR count). The molecule has 19 heavy (non-hydrogen) atoms. The van der Waals surface area contributed by atoms with E-state index in [4.69, 9.17) is 9.47 Å². The number of fused-ring (bicyclic) bond motifs is 1. The van der Waals surface area contributed by atoms with Crippen LogP contribution in [-0.2, 0) is 6.54 Å². The van der Waals surface area contributed by atoms with E-state index in [2.05, 4.69) is 22.3 Å². The molecule has 1 spiro atoms. The summed E-state index contributed by atoms with van der Waals surface area (Å²) in [5.41, 5.74) is 1.96. The highest BCUT2D eigenvalue weighted by atomic mass is 16.7. The Balaban J connectivity index is 1.39. The molecule has 1 N–H and O–H groups in total. The lowest BCUT2D eigenvalue weighted by atomic mass is 9.73. The maximum absolute atomic E-state index is 5.44. The first kappa shape index (κ1) is 11.6. The van der Waals surface area contributed by atoms with E-state index in [0.29, 0.717) is 12.2 Å². The maximum Gasteiger partial charge on any atom is 0.231 e. The van der Waals surface area contributed by atoms with Crippen LogP contribution >= 0.6 is 0 Å². The molecule has 0 bridgehead atoms. The van der Waals surface area contributed by atoms with E-state index in [1.807, 2.05) is 6.07 Å². The molecule has 3 aliphatic heterocycles. The summed E-state index contributed by atoms with van der Waals surface area (Å²) >= 11 is 0. The second-order valence-electron chi connectivity index (χ2n) is 6.07. The Hall–Kier alpha value is -1.26. The zero-order chi connectivity index (χ0) is 12.7. The van der Waals surface area contributed by atoms with Crippen molar-refractivity contribution in [3.05, 3.63) is 23.8 Å². The van der Waals surface area contributed by atoms with Crippen molar-refractivity contribution >= 4 is 0 Å². The number of hydrogen-bond donors (Lipinski definition) is 1. The minimum Gasteiger partial charge on any atom is -0.454 e. The van der Waals surface area contributed by atoms with Gasteiger partial charge in [-0.3, -0.25) is 4.90 Å². The van der Waals surface area contributed by atoms with Gasteiger partial charge in [-0.1, -0.05) is 6.07 Å². The number of hydrogen-bond acceptors (Lipinski definition) is 4. The molecule has 3 aliphatic rings. The highest BCUT2D eigenvalue weighted by Gasteiger charge is 2.39. The van der Waals surface area contributed by atoms with Crippen molar-refractivity contribution in [3.63, 3.8) is 0 Å². The molecule has 2 saturated heterocycles. The van der Waals surface area contributed by atoms with Gasteiger partial charge in [0, 0.05) is 19.6 Å². The van der Waals surface area contributed by atoms with Crippen molar-refractivity contribution in [2.24, 2.45) is 5.41 Å². The summed E-state index contributed by atoms with van der Waals surface area (Å²) in [6, 6.07) is 6.30. The van der Waals surface area contributed by atoms with E-state index in [9.17, 15) is 0 Å². The molecule has 0 aliphatic carbocycles. The van der Waals surface area contributed by atoms with Crippen LogP contribution in [-0.4, -0.2) is 37.9 Å². The van der Waals surface area contributed by atoms with Crippen molar-refractivity contribution < 1.29 is 9.47 Å². The van der Waals surface area contributed by atoms with E-state index in [1.165, 1.54) is 44.6 Å². The summed E-state index contributed by atoms with van der Waals surface area (Å²) in [7, 11) is 0. The Morgan fingerprint density at radius 3 is 2.63 bits per heavy atom. The third-order valence-electron chi connectivity index (χ3n) is 4.76. The van der Waals surface area contributed by atoms with Crippen LogP contribution in [0.25, 0.3) is 0 Å². The summed E-state index contributed by atoms with van der Waals surface area (Å²) in [4.78, 5) is 2.56. The molecule has 0 radical (unpaired) electrons. The van der Waals surface area contributed by atoms with E-state index in [-0.39, 0.29) is 0 Å². The lowest BCUT2D eigenvalue weighted by molar-refractivity contribution is 0.0520. The maximum atomic E-state index is 5.44. The van der Waals surface area contributed by atoms with Crippen LogP contribution < -0.4 is 14.8 Å². The van der Waals surface area contributed by atoms with Crippen LogP contribution in [0.3, 0.4) is 0 Å². The standard InChI is InChI=1S/C15H20N2O2/c1-2-13-14(19-11-18-13)7-12(1)8-17-5-3-15(4-6-17)9-16-10-15/h1-2,7,16H,3-6,8-11H2. The minimum absolute atomic E-state index is 0.359. The number of piperidine rings is 1. The van der Waals surface area contributed by atoms with E-state index >= 15 is 0 Å². The quantitative estimate of drug-likeness (QED) is 0.876. The van der Waals surface area contributed by atoms with Crippen LogP contribution in [0.4, 0.5) is 0 Å². The first-order chi connectivity index (χ1) is 9.33. The third kappa shape index (κ3) is 2.09. The van der Waals surface area contributed by atoms with Gasteiger partial charge in [-0.05, 0) is 49.0 Å². The van der Waals surface area contributed by atoms with Gasteiger partial charge in [0.05, 0.1) is 0 Å². The number of rotatable bonds is 2. The highest BCUT2D eigenvalue weighted by molar-refractivity contribution is 5.44. The van der Waals surface area contributed by atoms with Crippen molar-refractivity contribution in [2.75, 3.05) is 33.0 Å². The van der Waals surface area contributed by atoms with Crippen molar-refractivity contribution in [1.29, 1.82) is 0 Å². The van der Waals surface area contributed by atoms with Gasteiger partial charge in [-0.2, -0.15) is 0 Å². The molecule has 4 heteroatoms. The fourth-order valence-corrected chi connectivity index (χ4v) is 3.32. The summed E-state index contributed by atoms with van der Waals surface area (Å²) in [6.07, 6.45) is 2.68. The van der Waals surface area contributed by atoms with Gasteiger partial charge < -0.3 is 14.8 Å². The summed E-state index contributed by atoms with van der Waals surface area (Å²) < 4.78 is 10.8. The largest absolute Gasteiger partial charge is 0.454 e. The topological polar surface area (TPSA) is 33.7 Å². The average molecular weight is 260 g/mol. The number of nitrogens with zero attached hydrogens (tertiary/aromatic N) is 1. The second-order valence-corrected chi connectivity index (χ2v) is 6.07. The zero-order valence-corrected chi connectivity index (χ0v) is 11.2. The van der Waals surface area contributed by atoms with Crippen molar-refractivity contribution in [1.82, 2.24) is 10.2 Å². The highest BCUT2D eigenvalue weighted by Crippen LogP contribution is 2.36. The van der Waals surface area contributed by atoms with Crippen LogP contribution in [0.1, 0.15) is 18.4 Å². The Bertz CT molecular complexity index is 475. The van der Waals surface area contributed by atoms with Crippen molar-refractivity contribution in [2.45, 2.75) is 19.4 Å². The van der Waals surface area contributed by atoms with E-state index in [1.54, 1.807) is 0 Å². The molecule has 1 aromatic carbocycles. The molecule has 0 aromatic heterocycles. The van der Waals surface area contributed by atoms with Gasteiger partial charge in [0.1, 0.15) is 0 Å². The van der Waals surface area contributed by atoms with Gasteiger partial charge in [-0.25, -0.2) is 0 Å². The molecule has 4 nitrogen and oxygen atoms in total. The summed E-state index contributed by atoms with van der Waals surface area (Å²) in [6.45, 7) is 6.28.